The number of halogens is 3. The van der Waals surface area contributed by atoms with Crippen molar-refractivity contribution in [3.05, 3.63) is 46.6 Å². The number of likely N-dealkylation sites (tertiary alicyclic amines) is 1. The summed E-state index contributed by atoms with van der Waals surface area (Å²) in [5, 5.41) is 0. The second-order valence-electron chi connectivity index (χ2n) is 9.00. The Kier molecular flexibility index (Phi) is 7.54. The number of carbonyl (C=O) groups excluding carboxylic acids is 1. The molecule has 1 atom stereocenters. The highest BCUT2D eigenvalue weighted by atomic mass is 19.4. The Labute approximate surface area is 195 Å². The van der Waals surface area contributed by atoms with Crippen molar-refractivity contribution in [1.82, 2.24) is 14.5 Å². The number of benzene rings is 1. The lowest BCUT2D eigenvalue weighted by molar-refractivity contribution is -0.137. The van der Waals surface area contributed by atoms with Crippen molar-refractivity contribution in [2.45, 2.75) is 51.4 Å². The maximum atomic E-state index is 13.4. The summed E-state index contributed by atoms with van der Waals surface area (Å²) in [5.41, 5.74) is -1.77. The second-order valence-corrected chi connectivity index (χ2v) is 9.00. The first-order chi connectivity index (χ1) is 15.9. The summed E-state index contributed by atoms with van der Waals surface area (Å²) in [4.78, 5) is 31.5. The first kappa shape index (κ1) is 25.5. The zero-order valence-electron chi connectivity index (χ0n) is 19.5. The lowest BCUT2D eigenvalue weighted by Gasteiger charge is -2.34. The molecule has 1 aliphatic rings. The summed E-state index contributed by atoms with van der Waals surface area (Å²) >= 11 is 0. The number of nitrogens with zero attached hydrogens (tertiary/aromatic N) is 3. The Morgan fingerprint density at radius 1 is 1.21 bits per heavy atom. The molecule has 0 N–H and O–H groups in total. The number of amides is 1. The van der Waals surface area contributed by atoms with Crippen molar-refractivity contribution in [3.63, 3.8) is 0 Å². The number of hydrogen-bond donors (Lipinski definition) is 0. The molecule has 1 saturated heterocycles. The van der Waals surface area contributed by atoms with Gasteiger partial charge in [-0.05, 0) is 51.8 Å². The molecule has 1 aromatic heterocycles. The van der Waals surface area contributed by atoms with E-state index in [0.29, 0.717) is 19.4 Å². The average Bonchev–Trinajstić information content (AvgIpc) is 2.76. The molecular weight excluding hydrogens is 455 g/mol. The Hall–Kier alpha value is -3.08. The van der Waals surface area contributed by atoms with E-state index in [1.54, 1.807) is 25.7 Å². The molecule has 1 unspecified atom stereocenters. The van der Waals surface area contributed by atoms with Crippen molar-refractivity contribution >= 4 is 6.09 Å². The highest BCUT2D eigenvalue weighted by molar-refractivity contribution is 5.70. The van der Waals surface area contributed by atoms with E-state index in [1.807, 2.05) is 0 Å². The van der Waals surface area contributed by atoms with Gasteiger partial charge in [0.2, 0.25) is 0 Å². The smallest absolute Gasteiger partial charge is 0.416 e. The normalized spacial score (nSPS) is 16.9. The van der Waals surface area contributed by atoms with Gasteiger partial charge in [0.15, 0.2) is 6.79 Å². The minimum atomic E-state index is -4.58. The van der Waals surface area contributed by atoms with Gasteiger partial charge in [-0.25, -0.2) is 9.78 Å². The van der Waals surface area contributed by atoms with E-state index < -0.39 is 29.0 Å². The molecule has 1 aromatic carbocycles. The SMILES string of the molecule is COCOc1cc(C(F)(F)F)ccc1-c1cncn(C2CCCN(C(=O)OC(C)(C)C)C2)c1=O. The zero-order chi connectivity index (χ0) is 25.1. The third kappa shape index (κ3) is 6.07. The van der Waals surface area contributed by atoms with E-state index in [4.69, 9.17) is 14.2 Å². The van der Waals surface area contributed by atoms with Crippen LogP contribution in [0.15, 0.2) is 35.5 Å². The van der Waals surface area contributed by atoms with Gasteiger partial charge in [0, 0.05) is 32.0 Å². The Bertz CT molecular complexity index is 1080. The molecule has 3 rings (SSSR count). The predicted octanol–water partition coefficient (Wildman–Crippen LogP) is 4.48. The molecule has 0 spiro atoms. The first-order valence-corrected chi connectivity index (χ1v) is 10.8. The van der Waals surface area contributed by atoms with Crippen molar-refractivity contribution in [2.75, 3.05) is 27.0 Å². The second kappa shape index (κ2) is 10.0. The van der Waals surface area contributed by atoms with Crippen LogP contribution >= 0.6 is 0 Å². The van der Waals surface area contributed by atoms with Crippen molar-refractivity contribution < 1.29 is 32.2 Å². The highest BCUT2D eigenvalue weighted by Gasteiger charge is 2.32. The standard InChI is InChI=1S/C23H28F3N3O5/c1-22(2,3)34-21(31)28-9-5-6-16(12-28)29-13-27-11-18(20(29)30)17-8-7-15(23(24,25)26)10-19(17)33-14-32-4/h7-8,10-11,13,16H,5-6,9,12,14H2,1-4H3. The minimum absolute atomic E-state index is 0.0803. The Morgan fingerprint density at radius 3 is 2.59 bits per heavy atom. The van der Waals surface area contributed by atoms with E-state index >= 15 is 0 Å². The first-order valence-electron chi connectivity index (χ1n) is 10.8. The molecule has 186 valence electrons. The van der Waals surface area contributed by atoms with Gasteiger partial charge in [-0.15, -0.1) is 0 Å². The number of methoxy groups -OCH3 is 1. The van der Waals surface area contributed by atoms with E-state index in [0.717, 1.165) is 12.1 Å². The molecule has 0 bridgehead atoms. The maximum absolute atomic E-state index is 13.4. The Morgan fingerprint density at radius 2 is 1.94 bits per heavy atom. The van der Waals surface area contributed by atoms with Crippen LogP contribution in [0.25, 0.3) is 11.1 Å². The van der Waals surface area contributed by atoms with Crippen LogP contribution < -0.4 is 10.3 Å². The molecule has 34 heavy (non-hydrogen) atoms. The van der Waals surface area contributed by atoms with Gasteiger partial charge >= 0.3 is 12.3 Å². The van der Waals surface area contributed by atoms with Crippen molar-refractivity contribution in [2.24, 2.45) is 0 Å². The maximum Gasteiger partial charge on any atom is 0.416 e. The van der Waals surface area contributed by atoms with Crippen LogP contribution in [0.1, 0.15) is 45.2 Å². The number of aromatic nitrogens is 2. The largest absolute Gasteiger partial charge is 0.467 e. The molecule has 0 saturated carbocycles. The highest BCUT2D eigenvalue weighted by Crippen LogP contribution is 2.36. The molecule has 2 heterocycles. The van der Waals surface area contributed by atoms with Crippen LogP contribution in [-0.2, 0) is 15.7 Å². The Balaban J connectivity index is 1.95. The van der Waals surface area contributed by atoms with E-state index in [-0.39, 0.29) is 36.3 Å². The monoisotopic (exact) mass is 483 g/mol. The molecule has 2 aromatic rings. The van der Waals surface area contributed by atoms with Gasteiger partial charge in [0.25, 0.3) is 5.56 Å². The summed E-state index contributed by atoms with van der Waals surface area (Å²) in [6, 6.07) is 2.54. The lowest BCUT2D eigenvalue weighted by atomic mass is 10.0. The van der Waals surface area contributed by atoms with Gasteiger partial charge < -0.3 is 19.1 Å². The number of carbonyl (C=O) groups is 1. The third-order valence-corrected chi connectivity index (χ3v) is 5.23. The summed E-state index contributed by atoms with van der Waals surface area (Å²) in [7, 11) is 1.34. The number of hydrogen-bond acceptors (Lipinski definition) is 6. The van der Waals surface area contributed by atoms with Gasteiger partial charge in [0.1, 0.15) is 11.4 Å². The fourth-order valence-electron chi connectivity index (χ4n) is 3.71. The van der Waals surface area contributed by atoms with Crippen LogP contribution in [0, 0.1) is 0 Å². The summed E-state index contributed by atoms with van der Waals surface area (Å²) in [6.07, 6.45) is -1.10. The quantitative estimate of drug-likeness (QED) is 0.583. The number of rotatable bonds is 5. The van der Waals surface area contributed by atoms with Gasteiger partial charge in [0.05, 0.1) is 23.5 Å². The van der Waals surface area contributed by atoms with Crippen LogP contribution in [-0.4, -0.2) is 53.1 Å². The molecule has 11 heteroatoms. The molecule has 0 aliphatic carbocycles. The third-order valence-electron chi connectivity index (χ3n) is 5.23. The van der Waals surface area contributed by atoms with E-state index in [2.05, 4.69) is 4.98 Å². The fourth-order valence-corrected chi connectivity index (χ4v) is 3.71. The lowest BCUT2D eigenvalue weighted by Crippen LogP contribution is -2.45. The zero-order valence-corrected chi connectivity index (χ0v) is 19.5. The van der Waals surface area contributed by atoms with Crippen LogP contribution in [0.5, 0.6) is 5.75 Å². The predicted molar refractivity (Wildman–Crippen MR) is 118 cm³/mol. The van der Waals surface area contributed by atoms with Gasteiger partial charge in [-0.2, -0.15) is 13.2 Å². The molecule has 0 radical (unpaired) electrons. The van der Waals surface area contributed by atoms with Crippen LogP contribution in [0.3, 0.4) is 0 Å². The molecule has 1 fully saturated rings. The van der Waals surface area contributed by atoms with Gasteiger partial charge in [-0.3, -0.25) is 9.36 Å². The number of piperidine rings is 1. The summed E-state index contributed by atoms with van der Waals surface area (Å²) < 4.78 is 56.6. The minimum Gasteiger partial charge on any atom is -0.467 e. The number of alkyl halides is 3. The van der Waals surface area contributed by atoms with E-state index in [1.165, 1.54) is 30.3 Å². The molecule has 1 amide bonds. The fraction of sp³-hybridized carbons (Fsp3) is 0.522. The van der Waals surface area contributed by atoms with Crippen molar-refractivity contribution in [1.29, 1.82) is 0 Å². The molecule has 1 aliphatic heterocycles. The number of ether oxygens (including phenoxy) is 3. The van der Waals surface area contributed by atoms with Crippen molar-refractivity contribution in [3.8, 4) is 16.9 Å². The average molecular weight is 483 g/mol. The van der Waals surface area contributed by atoms with Gasteiger partial charge in [-0.1, -0.05) is 0 Å². The van der Waals surface area contributed by atoms with E-state index in [9.17, 15) is 22.8 Å². The molecule has 8 nitrogen and oxygen atoms in total. The summed E-state index contributed by atoms with van der Waals surface area (Å²) in [5.74, 6) is -0.146. The topological polar surface area (TPSA) is 82.9 Å². The molecular formula is C23H28F3N3O5. The van der Waals surface area contributed by atoms with Crippen LogP contribution in [0.4, 0.5) is 18.0 Å². The van der Waals surface area contributed by atoms with Crippen LogP contribution in [0.2, 0.25) is 0 Å². The summed E-state index contributed by atoms with van der Waals surface area (Å²) in [6.45, 7) is 5.78.